The molecule has 0 amide bonds. The fraction of sp³-hybridized carbons (Fsp3) is 0.250. The van der Waals surface area contributed by atoms with E-state index in [1.165, 1.54) is 0 Å². The van der Waals surface area contributed by atoms with Crippen molar-refractivity contribution in [3.05, 3.63) is 54.7 Å². The number of aromatic nitrogens is 4. The summed E-state index contributed by atoms with van der Waals surface area (Å²) in [7, 11) is 4.11. The molecule has 138 valence electrons. The zero-order valence-corrected chi connectivity index (χ0v) is 15.5. The lowest BCUT2D eigenvalue weighted by molar-refractivity contribution is 0.268. The third-order valence-corrected chi connectivity index (χ3v) is 4.18. The zero-order chi connectivity index (χ0) is 18.6. The second kappa shape index (κ2) is 7.59. The largest absolute Gasteiger partial charge is 0.478 e. The average molecular weight is 362 g/mol. The highest BCUT2D eigenvalue weighted by Crippen LogP contribution is 2.21. The molecule has 4 rings (SSSR count). The van der Waals surface area contributed by atoms with Crippen LogP contribution in [-0.4, -0.2) is 51.7 Å². The van der Waals surface area contributed by atoms with E-state index in [0.29, 0.717) is 18.4 Å². The highest BCUT2D eigenvalue weighted by molar-refractivity contribution is 5.82. The van der Waals surface area contributed by atoms with Gasteiger partial charge < -0.3 is 15.0 Å². The van der Waals surface area contributed by atoms with Crippen molar-refractivity contribution in [1.29, 1.82) is 0 Å². The van der Waals surface area contributed by atoms with Gasteiger partial charge in [0.2, 0.25) is 11.8 Å². The van der Waals surface area contributed by atoms with E-state index in [4.69, 9.17) is 4.74 Å². The van der Waals surface area contributed by atoms with Crippen molar-refractivity contribution in [2.24, 2.45) is 0 Å². The number of anilines is 2. The van der Waals surface area contributed by atoms with E-state index in [-0.39, 0.29) is 0 Å². The first-order valence-electron chi connectivity index (χ1n) is 8.94. The van der Waals surface area contributed by atoms with Crippen molar-refractivity contribution < 1.29 is 4.74 Å². The maximum absolute atomic E-state index is 5.89. The normalized spacial score (nSPS) is 11.4. The molecule has 7 heteroatoms. The maximum atomic E-state index is 5.89. The van der Waals surface area contributed by atoms with Gasteiger partial charge in [-0.25, -0.2) is 0 Å². The zero-order valence-electron chi connectivity index (χ0n) is 15.5. The number of ether oxygens (including phenoxy) is 1. The summed E-state index contributed by atoms with van der Waals surface area (Å²) in [5, 5.41) is 8.87. The summed E-state index contributed by atoms with van der Waals surface area (Å²) in [5.41, 5.74) is 2.62. The first-order chi connectivity index (χ1) is 13.2. The average Bonchev–Trinajstić information content (AvgIpc) is 3.08. The van der Waals surface area contributed by atoms with Crippen LogP contribution in [0.15, 0.2) is 54.7 Å². The van der Waals surface area contributed by atoms with Crippen LogP contribution < -0.4 is 10.1 Å². The molecule has 0 unspecified atom stereocenters. The van der Waals surface area contributed by atoms with Gasteiger partial charge in [-0.2, -0.15) is 9.50 Å². The summed E-state index contributed by atoms with van der Waals surface area (Å²) in [5.74, 6) is 1.22. The molecule has 0 spiro atoms. The minimum Gasteiger partial charge on any atom is -0.478 e. The SMILES string of the molecule is CN(C)CCCOc1cccc2nc(Nc3ccc4ncccc4c3)nn12. The summed E-state index contributed by atoms with van der Waals surface area (Å²) >= 11 is 0. The van der Waals surface area contributed by atoms with Crippen LogP contribution in [0.2, 0.25) is 0 Å². The van der Waals surface area contributed by atoms with Gasteiger partial charge in [0.1, 0.15) is 0 Å². The predicted octanol–water partition coefficient (Wildman–Crippen LogP) is 3.35. The third-order valence-electron chi connectivity index (χ3n) is 4.18. The molecule has 0 saturated carbocycles. The summed E-state index contributed by atoms with van der Waals surface area (Å²) in [6, 6.07) is 15.7. The van der Waals surface area contributed by atoms with Gasteiger partial charge in [-0.1, -0.05) is 12.1 Å². The van der Waals surface area contributed by atoms with Gasteiger partial charge in [0.15, 0.2) is 5.65 Å². The Bertz CT molecular complexity index is 1060. The van der Waals surface area contributed by atoms with Crippen molar-refractivity contribution in [2.75, 3.05) is 32.6 Å². The molecule has 3 aromatic heterocycles. The Morgan fingerprint density at radius 2 is 2.04 bits per heavy atom. The van der Waals surface area contributed by atoms with Crippen molar-refractivity contribution in [3.63, 3.8) is 0 Å². The molecule has 0 atom stereocenters. The number of rotatable bonds is 7. The quantitative estimate of drug-likeness (QED) is 0.509. The molecule has 3 heterocycles. The molecule has 0 aliphatic carbocycles. The first-order valence-corrected chi connectivity index (χ1v) is 8.94. The van der Waals surface area contributed by atoms with Gasteiger partial charge in [0.25, 0.3) is 0 Å². The van der Waals surface area contributed by atoms with Crippen LogP contribution in [0.1, 0.15) is 6.42 Å². The molecule has 0 fully saturated rings. The van der Waals surface area contributed by atoms with E-state index < -0.39 is 0 Å². The Balaban J connectivity index is 1.53. The summed E-state index contributed by atoms with van der Waals surface area (Å²) in [6.45, 7) is 1.62. The lowest BCUT2D eigenvalue weighted by Gasteiger charge is -2.10. The molecule has 0 radical (unpaired) electrons. The summed E-state index contributed by atoms with van der Waals surface area (Å²) in [6.07, 6.45) is 2.74. The standard InChI is InChI=1S/C20H22N6O/c1-25(2)12-5-13-27-19-8-3-7-18-23-20(24-26(18)19)22-16-9-10-17-15(14-16)6-4-11-21-17/h3-4,6-11,14H,5,12-13H2,1-2H3,(H,22,24). The Morgan fingerprint density at radius 3 is 2.93 bits per heavy atom. The number of pyridine rings is 2. The number of hydrogen-bond acceptors (Lipinski definition) is 6. The monoisotopic (exact) mass is 362 g/mol. The van der Waals surface area contributed by atoms with Crippen LogP contribution in [-0.2, 0) is 0 Å². The molecule has 4 aromatic rings. The predicted molar refractivity (Wildman–Crippen MR) is 107 cm³/mol. The molecule has 0 saturated heterocycles. The minimum absolute atomic E-state index is 0.530. The molecule has 1 N–H and O–H groups in total. The number of fused-ring (bicyclic) bond motifs is 2. The van der Waals surface area contributed by atoms with Gasteiger partial charge >= 0.3 is 0 Å². The number of nitrogens with one attached hydrogen (secondary N) is 1. The van der Waals surface area contributed by atoms with Crippen LogP contribution in [0.4, 0.5) is 11.6 Å². The molecular formula is C20H22N6O. The van der Waals surface area contributed by atoms with Crippen LogP contribution in [0.3, 0.4) is 0 Å². The van der Waals surface area contributed by atoms with E-state index in [1.807, 2.05) is 48.5 Å². The van der Waals surface area contributed by atoms with E-state index >= 15 is 0 Å². The molecular weight excluding hydrogens is 340 g/mol. The fourth-order valence-corrected chi connectivity index (χ4v) is 2.88. The van der Waals surface area contributed by atoms with E-state index in [0.717, 1.165) is 35.2 Å². The molecule has 27 heavy (non-hydrogen) atoms. The Labute approximate surface area is 157 Å². The molecule has 0 bridgehead atoms. The topological polar surface area (TPSA) is 67.6 Å². The van der Waals surface area contributed by atoms with Crippen LogP contribution >= 0.6 is 0 Å². The highest BCUT2D eigenvalue weighted by atomic mass is 16.5. The van der Waals surface area contributed by atoms with Crippen LogP contribution in [0.5, 0.6) is 5.88 Å². The first kappa shape index (κ1) is 17.2. The molecule has 7 nitrogen and oxygen atoms in total. The summed E-state index contributed by atoms with van der Waals surface area (Å²) in [4.78, 5) is 11.0. The molecule has 0 aliphatic rings. The summed E-state index contributed by atoms with van der Waals surface area (Å²) < 4.78 is 7.61. The van der Waals surface area contributed by atoms with Gasteiger partial charge in [-0.3, -0.25) is 4.98 Å². The second-order valence-electron chi connectivity index (χ2n) is 6.61. The van der Waals surface area contributed by atoms with Gasteiger partial charge in [-0.15, -0.1) is 5.10 Å². The van der Waals surface area contributed by atoms with Crippen molar-refractivity contribution in [1.82, 2.24) is 24.5 Å². The number of benzene rings is 1. The lowest BCUT2D eigenvalue weighted by atomic mass is 10.2. The van der Waals surface area contributed by atoms with Crippen LogP contribution in [0, 0.1) is 0 Å². The third kappa shape index (κ3) is 3.98. The highest BCUT2D eigenvalue weighted by Gasteiger charge is 2.09. The Hall–Kier alpha value is -3.19. The van der Waals surface area contributed by atoms with Crippen molar-refractivity contribution in [2.45, 2.75) is 6.42 Å². The Morgan fingerprint density at radius 1 is 1.11 bits per heavy atom. The van der Waals surface area contributed by atoms with Crippen molar-refractivity contribution >= 4 is 28.2 Å². The fourth-order valence-electron chi connectivity index (χ4n) is 2.88. The van der Waals surface area contributed by atoms with Gasteiger partial charge in [-0.05, 0) is 50.8 Å². The molecule has 0 aliphatic heterocycles. The van der Waals surface area contributed by atoms with E-state index in [9.17, 15) is 0 Å². The Kier molecular flexibility index (Phi) is 4.84. The maximum Gasteiger partial charge on any atom is 0.247 e. The van der Waals surface area contributed by atoms with E-state index in [2.05, 4.69) is 39.4 Å². The van der Waals surface area contributed by atoms with Gasteiger partial charge in [0, 0.05) is 29.9 Å². The van der Waals surface area contributed by atoms with Crippen molar-refractivity contribution in [3.8, 4) is 5.88 Å². The van der Waals surface area contributed by atoms with Gasteiger partial charge in [0.05, 0.1) is 12.1 Å². The van der Waals surface area contributed by atoms with E-state index in [1.54, 1.807) is 10.7 Å². The number of nitrogens with zero attached hydrogens (tertiary/aromatic N) is 5. The molecule has 1 aromatic carbocycles. The van der Waals surface area contributed by atoms with Crippen LogP contribution in [0.25, 0.3) is 16.6 Å². The number of hydrogen-bond donors (Lipinski definition) is 1. The minimum atomic E-state index is 0.530. The second-order valence-corrected chi connectivity index (χ2v) is 6.61. The smallest absolute Gasteiger partial charge is 0.247 e. The lowest BCUT2D eigenvalue weighted by Crippen LogP contribution is -2.16.